The van der Waals surface area contributed by atoms with E-state index in [4.69, 9.17) is 14.8 Å². The molecule has 0 spiro atoms. The van der Waals surface area contributed by atoms with Crippen molar-refractivity contribution in [2.45, 2.75) is 6.92 Å². The highest BCUT2D eigenvalue weighted by atomic mass is 16.5. The van der Waals surface area contributed by atoms with Crippen molar-refractivity contribution in [1.82, 2.24) is 14.6 Å². The van der Waals surface area contributed by atoms with E-state index in [0.717, 1.165) is 45.2 Å². The molecule has 0 radical (unpaired) electrons. The van der Waals surface area contributed by atoms with Crippen molar-refractivity contribution < 1.29 is 4.74 Å². The second-order valence-electron chi connectivity index (χ2n) is 7.29. The van der Waals surface area contributed by atoms with Crippen molar-refractivity contribution >= 4 is 5.65 Å². The zero-order chi connectivity index (χ0) is 20.5. The normalized spacial score (nSPS) is 11.0. The number of ether oxygens (including phenoxy) is 1. The molecular formula is C26H21N3O. The number of fused-ring (bicyclic) bond motifs is 1. The molecule has 0 fully saturated rings. The van der Waals surface area contributed by atoms with Crippen LogP contribution in [0.2, 0.25) is 0 Å². The second kappa shape index (κ2) is 7.48. The molecule has 3 aromatic carbocycles. The van der Waals surface area contributed by atoms with Gasteiger partial charge in [-0.2, -0.15) is 5.10 Å². The van der Waals surface area contributed by atoms with Crippen LogP contribution in [0.4, 0.5) is 0 Å². The van der Waals surface area contributed by atoms with Crippen molar-refractivity contribution in [2.24, 2.45) is 0 Å². The number of methoxy groups -OCH3 is 1. The summed E-state index contributed by atoms with van der Waals surface area (Å²) in [6.07, 6.45) is 0. The van der Waals surface area contributed by atoms with Crippen LogP contribution in [0, 0.1) is 6.92 Å². The topological polar surface area (TPSA) is 39.4 Å². The van der Waals surface area contributed by atoms with Gasteiger partial charge in [-0.25, -0.2) is 9.50 Å². The first-order valence-electron chi connectivity index (χ1n) is 9.89. The first-order valence-corrected chi connectivity index (χ1v) is 9.89. The van der Waals surface area contributed by atoms with Gasteiger partial charge >= 0.3 is 0 Å². The maximum atomic E-state index is 5.45. The summed E-state index contributed by atoms with van der Waals surface area (Å²) in [7, 11) is 1.68. The molecule has 0 saturated heterocycles. The standard InChI is InChI=1S/C26H21N3O/c1-18-11-13-20(14-12-18)23-16-25(21-9-6-10-22(15-21)30-2)29-26(27-23)17-24(28-29)19-7-4-3-5-8-19/h3-17H,1-2H3. The Balaban J connectivity index is 1.76. The number of aromatic nitrogens is 3. The molecule has 0 aliphatic carbocycles. The van der Waals surface area contributed by atoms with E-state index in [1.807, 2.05) is 47.0 Å². The van der Waals surface area contributed by atoms with Gasteiger partial charge in [-0.1, -0.05) is 72.3 Å². The Bertz CT molecular complexity index is 1320. The third kappa shape index (κ3) is 3.33. The van der Waals surface area contributed by atoms with Gasteiger partial charge in [-0.15, -0.1) is 0 Å². The Kier molecular flexibility index (Phi) is 4.52. The van der Waals surface area contributed by atoms with Gasteiger partial charge in [0, 0.05) is 22.8 Å². The average molecular weight is 391 g/mol. The Morgan fingerprint density at radius 1 is 0.700 bits per heavy atom. The molecule has 0 saturated carbocycles. The molecule has 4 heteroatoms. The van der Waals surface area contributed by atoms with Crippen LogP contribution in [0.3, 0.4) is 0 Å². The van der Waals surface area contributed by atoms with E-state index < -0.39 is 0 Å². The van der Waals surface area contributed by atoms with E-state index in [-0.39, 0.29) is 0 Å². The molecule has 0 aliphatic heterocycles. The predicted molar refractivity (Wildman–Crippen MR) is 121 cm³/mol. The van der Waals surface area contributed by atoms with Crippen LogP contribution < -0.4 is 4.74 Å². The molecule has 0 unspecified atom stereocenters. The highest BCUT2D eigenvalue weighted by Gasteiger charge is 2.14. The summed E-state index contributed by atoms with van der Waals surface area (Å²) >= 11 is 0. The van der Waals surface area contributed by atoms with E-state index >= 15 is 0 Å². The number of nitrogens with zero attached hydrogens (tertiary/aromatic N) is 3. The number of benzene rings is 3. The number of aryl methyl sites for hydroxylation is 1. The maximum absolute atomic E-state index is 5.45. The summed E-state index contributed by atoms with van der Waals surface area (Å²) in [6, 6.07) is 30.8. The fraction of sp³-hybridized carbons (Fsp3) is 0.0769. The van der Waals surface area contributed by atoms with Crippen LogP contribution in [0.5, 0.6) is 5.75 Å². The molecule has 30 heavy (non-hydrogen) atoms. The molecule has 5 rings (SSSR count). The van der Waals surface area contributed by atoms with Gasteiger partial charge < -0.3 is 4.74 Å². The Morgan fingerprint density at radius 3 is 2.20 bits per heavy atom. The quantitative estimate of drug-likeness (QED) is 0.374. The average Bonchev–Trinajstić information content (AvgIpc) is 3.24. The lowest BCUT2D eigenvalue weighted by atomic mass is 10.1. The summed E-state index contributed by atoms with van der Waals surface area (Å²) in [5.41, 5.74) is 7.99. The number of hydrogen-bond donors (Lipinski definition) is 0. The minimum Gasteiger partial charge on any atom is -0.497 e. The van der Waals surface area contributed by atoms with Gasteiger partial charge in [0.25, 0.3) is 0 Å². The molecule has 0 aliphatic rings. The molecule has 5 aromatic rings. The van der Waals surface area contributed by atoms with Crippen LogP contribution in [-0.4, -0.2) is 21.7 Å². The third-order valence-electron chi connectivity index (χ3n) is 5.21. The summed E-state index contributed by atoms with van der Waals surface area (Å²) in [5.74, 6) is 0.810. The fourth-order valence-corrected chi connectivity index (χ4v) is 3.58. The van der Waals surface area contributed by atoms with Crippen LogP contribution in [0.25, 0.3) is 39.4 Å². The third-order valence-corrected chi connectivity index (χ3v) is 5.21. The molecule has 0 N–H and O–H groups in total. The van der Waals surface area contributed by atoms with Crippen LogP contribution >= 0.6 is 0 Å². The molecule has 146 valence electrons. The van der Waals surface area contributed by atoms with E-state index in [9.17, 15) is 0 Å². The van der Waals surface area contributed by atoms with Gasteiger partial charge in [0.15, 0.2) is 5.65 Å². The van der Waals surface area contributed by atoms with Crippen LogP contribution in [0.15, 0.2) is 91.0 Å². The SMILES string of the molecule is COc1cccc(-c2cc(-c3ccc(C)cc3)nc3cc(-c4ccccc4)nn23)c1. The van der Waals surface area contributed by atoms with E-state index in [0.29, 0.717) is 0 Å². The zero-order valence-electron chi connectivity index (χ0n) is 16.9. The van der Waals surface area contributed by atoms with Gasteiger partial charge in [0.1, 0.15) is 5.75 Å². The number of rotatable bonds is 4. The molecule has 4 nitrogen and oxygen atoms in total. The summed E-state index contributed by atoms with van der Waals surface area (Å²) in [4.78, 5) is 4.92. The maximum Gasteiger partial charge on any atom is 0.156 e. The highest BCUT2D eigenvalue weighted by Crippen LogP contribution is 2.30. The van der Waals surface area contributed by atoms with Crippen LogP contribution in [-0.2, 0) is 0 Å². The van der Waals surface area contributed by atoms with Crippen molar-refractivity contribution in [2.75, 3.05) is 7.11 Å². The summed E-state index contributed by atoms with van der Waals surface area (Å²) in [6.45, 7) is 2.09. The summed E-state index contributed by atoms with van der Waals surface area (Å²) in [5, 5.41) is 4.88. The van der Waals surface area contributed by atoms with Crippen molar-refractivity contribution in [3.05, 3.63) is 96.6 Å². The molecule has 0 bridgehead atoms. The van der Waals surface area contributed by atoms with Crippen LogP contribution in [0.1, 0.15) is 5.56 Å². The summed E-state index contributed by atoms with van der Waals surface area (Å²) < 4.78 is 7.36. The zero-order valence-corrected chi connectivity index (χ0v) is 16.9. The Morgan fingerprint density at radius 2 is 1.43 bits per heavy atom. The molecule has 2 heterocycles. The fourth-order valence-electron chi connectivity index (χ4n) is 3.58. The Hall–Kier alpha value is -3.92. The van der Waals surface area contributed by atoms with Crippen molar-refractivity contribution in [1.29, 1.82) is 0 Å². The van der Waals surface area contributed by atoms with E-state index in [1.165, 1.54) is 5.56 Å². The Labute approximate surface area is 175 Å². The lowest BCUT2D eigenvalue weighted by Gasteiger charge is -2.10. The van der Waals surface area contributed by atoms with Gasteiger partial charge in [0.05, 0.1) is 24.2 Å². The molecule has 0 atom stereocenters. The smallest absolute Gasteiger partial charge is 0.156 e. The largest absolute Gasteiger partial charge is 0.497 e. The van der Waals surface area contributed by atoms with E-state index in [2.05, 4.69) is 55.5 Å². The lowest BCUT2D eigenvalue weighted by Crippen LogP contribution is -1.99. The molecule has 2 aromatic heterocycles. The highest BCUT2D eigenvalue weighted by molar-refractivity contribution is 5.74. The molecule has 0 amide bonds. The van der Waals surface area contributed by atoms with E-state index in [1.54, 1.807) is 7.11 Å². The van der Waals surface area contributed by atoms with Gasteiger partial charge in [-0.3, -0.25) is 0 Å². The van der Waals surface area contributed by atoms with Crippen molar-refractivity contribution in [3.8, 4) is 39.5 Å². The minimum absolute atomic E-state index is 0.810. The monoisotopic (exact) mass is 391 g/mol. The predicted octanol–water partition coefficient (Wildman–Crippen LogP) is 6.05. The number of hydrogen-bond acceptors (Lipinski definition) is 3. The first kappa shape index (κ1) is 18.1. The van der Waals surface area contributed by atoms with Gasteiger partial charge in [0.2, 0.25) is 0 Å². The minimum atomic E-state index is 0.810. The molecular weight excluding hydrogens is 370 g/mol. The van der Waals surface area contributed by atoms with Gasteiger partial charge in [-0.05, 0) is 25.1 Å². The van der Waals surface area contributed by atoms with Crippen molar-refractivity contribution in [3.63, 3.8) is 0 Å². The first-order chi connectivity index (χ1) is 14.7. The lowest BCUT2D eigenvalue weighted by molar-refractivity contribution is 0.415. The second-order valence-corrected chi connectivity index (χ2v) is 7.29.